The van der Waals surface area contributed by atoms with E-state index in [9.17, 15) is 13.2 Å². The van der Waals surface area contributed by atoms with Crippen LogP contribution in [0.2, 0.25) is 5.28 Å². The molecule has 0 saturated carbocycles. The Bertz CT molecular complexity index is 569. The van der Waals surface area contributed by atoms with Gasteiger partial charge in [0.15, 0.2) is 0 Å². The van der Waals surface area contributed by atoms with Gasteiger partial charge in [0.25, 0.3) is 0 Å². The zero-order chi connectivity index (χ0) is 13.3. The molecule has 7 heteroatoms. The van der Waals surface area contributed by atoms with Gasteiger partial charge in [0, 0.05) is 10.0 Å². The number of alkyl halides is 3. The molecule has 0 N–H and O–H groups in total. The van der Waals surface area contributed by atoms with E-state index in [0.29, 0.717) is 5.56 Å². The Hall–Kier alpha value is -1.14. The predicted molar refractivity (Wildman–Crippen MR) is 65.2 cm³/mol. The monoisotopic (exact) mass is 336 g/mol. The molecule has 0 amide bonds. The maximum Gasteiger partial charge on any atom is 0.433 e. The third-order valence-corrected chi connectivity index (χ3v) is 2.83. The molecule has 94 valence electrons. The minimum absolute atomic E-state index is 0.134. The number of halogens is 5. The topological polar surface area (TPSA) is 25.8 Å². The van der Waals surface area contributed by atoms with Crippen LogP contribution in [0.3, 0.4) is 0 Å². The molecule has 0 aliphatic carbocycles. The van der Waals surface area contributed by atoms with Gasteiger partial charge < -0.3 is 0 Å². The molecular formula is C11H5BrClF3N2. The van der Waals surface area contributed by atoms with Crippen LogP contribution in [0.5, 0.6) is 0 Å². The molecule has 1 heterocycles. The molecule has 0 radical (unpaired) electrons. The van der Waals surface area contributed by atoms with Crippen molar-refractivity contribution >= 4 is 27.5 Å². The fourth-order valence-corrected chi connectivity index (χ4v) is 1.78. The van der Waals surface area contributed by atoms with Crippen LogP contribution in [-0.2, 0) is 6.18 Å². The van der Waals surface area contributed by atoms with Gasteiger partial charge in [0.2, 0.25) is 5.28 Å². The fraction of sp³-hybridized carbons (Fsp3) is 0.0909. The van der Waals surface area contributed by atoms with Gasteiger partial charge >= 0.3 is 6.18 Å². The van der Waals surface area contributed by atoms with Gasteiger partial charge in [-0.15, -0.1) is 0 Å². The molecule has 0 atom stereocenters. The minimum atomic E-state index is -4.54. The second-order valence-corrected chi connectivity index (χ2v) is 4.67. The minimum Gasteiger partial charge on any atom is -0.218 e. The Balaban J connectivity index is 2.52. The molecule has 0 bridgehead atoms. The Kier molecular flexibility index (Phi) is 3.59. The first kappa shape index (κ1) is 13.3. The highest BCUT2D eigenvalue weighted by molar-refractivity contribution is 9.10. The molecule has 0 aliphatic heterocycles. The standard InChI is InChI=1S/C11H5BrClF3N2/c12-7-3-1-6(2-4-7)8-5-9(11(14,15)16)18-10(13)17-8/h1-5H. The van der Waals surface area contributed by atoms with Crippen molar-refractivity contribution < 1.29 is 13.2 Å². The summed E-state index contributed by atoms with van der Waals surface area (Å²) in [4.78, 5) is 6.95. The third kappa shape index (κ3) is 3.00. The Morgan fingerprint density at radius 3 is 2.22 bits per heavy atom. The van der Waals surface area contributed by atoms with Crippen molar-refractivity contribution in [1.82, 2.24) is 9.97 Å². The Morgan fingerprint density at radius 2 is 1.67 bits per heavy atom. The summed E-state index contributed by atoms with van der Waals surface area (Å²) in [6.45, 7) is 0. The van der Waals surface area contributed by atoms with Gasteiger partial charge in [-0.05, 0) is 29.8 Å². The van der Waals surface area contributed by atoms with E-state index in [-0.39, 0.29) is 5.69 Å². The van der Waals surface area contributed by atoms with E-state index in [1.807, 2.05) is 0 Å². The molecular weight excluding hydrogens is 332 g/mol. The normalized spacial score (nSPS) is 11.6. The first-order chi connectivity index (χ1) is 8.36. The molecule has 1 aromatic carbocycles. The fourth-order valence-electron chi connectivity index (χ4n) is 1.33. The van der Waals surface area contributed by atoms with E-state index >= 15 is 0 Å². The van der Waals surface area contributed by atoms with Crippen molar-refractivity contribution in [3.63, 3.8) is 0 Å². The molecule has 1 aromatic heterocycles. The van der Waals surface area contributed by atoms with E-state index < -0.39 is 17.2 Å². The average molecular weight is 338 g/mol. The van der Waals surface area contributed by atoms with Gasteiger partial charge in [-0.25, -0.2) is 9.97 Å². The summed E-state index contributed by atoms with van der Waals surface area (Å²) in [6.07, 6.45) is -4.54. The number of hydrogen-bond donors (Lipinski definition) is 0. The molecule has 0 unspecified atom stereocenters. The van der Waals surface area contributed by atoms with Crippen LogP contribution in [-0.4, -0.2) is 9.97 Å². The quantitative estimate of drug-likeness (QED) is 0.712. The highest BCUT2D eigenvalue weighted by atomic mass is 79.9. The average Bonchev–Trinajstić information content (AvgIpc) is 2.28. The summed E-state index contributed by atoms with van der Waals surface area (Å²) < 4.78 is 38.5. The van der Waals surface area contributed by atoms with E-state index in [1.165, 1.54) is 0 Å². The second kappa shape index (κ2) is 4.85. The Morgan fingerprint density at radius 1 is 1.06 bits per heavy atom. The summed E-state index contributed by atoms with van der Waals surface area (Å²) in [5.41, 5.74) is -0.386. The maximum absolute atomic E-state index is 12.6. The van der Waals surface area contributed by atoms with E-state index in [2.05, 4.69) is 25.9 Å². The van der Waals surface area contributed by atoms with Gasteiger partial charge in [-0.2, -0.15) is 13.2 Å². The molecule has 0 fully saturated rings. The summed E-state index contributed by atoms with van der Waals surface area (Å²) in [5.74, 6) is 0. The highest BCUT2D eigenvalue weighted by Crippen LogP contribution is 2.31. The first-order valence-corrected chi connectivity index (χ1v) is 5.91. The number of nitrogens with zero attached hydrogens (tertiary/aromatic N) is 2. The lowest BCUT2D eigenvalue weighted by Gasteiger charge is -2.08. The van der Waals surface area contributed by atoms with Crippen molar-refractivity contribution in [1.29, 1.82) is 0 Å². The van der Waals surface area contributed by atoms with Crippen LogP contribution >= 0.6 is 27.5 Å². The molecule has 0 saturated heterocycles. The largest absolute Gasteiger partial charge is 0.433 e. The van der Waals surface area contributed by atoms with Crippen LogP contribution in [0.1, 0.15) is 5.69 Å². The number of rotatable bonds is 1. The zero-order valence-corrected chi connectivity index (χ0v) is 11.0. The number of aromatic nitrogens is 2. The lowest BCUT2D eigenvalue weighted by Crippen LogP contribution is -2.09. The van der Waals surface area contributed by atoms with Crippen LogP contribution in [0.15, 0.2) is 34.8 Å². The van der Waals surface area contributed by atoms with E-state index in [0.717, 1.165) is 10.5 Å². The molecule has 2 aromatic rings. The smallest absolute Gasteiger partial charge is 0.218 e. The third-order valence-electron chi connectivity index (χ3n) is 2.13. The van der Waals surface area contributed by atoms with Crippen LogP contribution in [0.25, 0.3) is 11.3 Å². The first-order valence-electron chi connectivity index (χ1n) is 4.74. The van der Waals surface area contributed by atoms with Crippen molar-refractivity contribution in [3.8, 4) is 11.3 Å². The van der Waals surface area contributed by atoms with Crippen LogP contribution < -0.4 is 0 Å². The highest BCUT2D eigenvalue weighted by Gasteiger charge is 2.33. The van der Waals surface area contributed by atoms with E-state index in [4.69, 9.17) is 11.6 Å². The lowest BCUT2D eigenvalue weighted by atomic mass is 10.1. The molecule has 0 aliphatic rings. The molecule has 18 heavy (non-hydrogen) atoms. The number of benzene rings is 1. The predicted octanol–water partition coefficient (Wildman–Crippen LogP) is 4.58. The van der Waals surface area contributed by atoms with Crippen molar-refractivity contribution in [2.24, 2.45) is 0 Å². The van der Waals surface area contributed by atoms with Gasteiger partial charge in [-0.3, -0.25) is 0 Å². The Labute approximate surface area is 114 Å². The second-order valence-electron chi connectivity index (χ2n) is 3.41. The van der Waals surface area contributed by atoms with E-state index in [1.54, 1.807) is 24.3 Å². The van der Waals surface area contributed by atoms with Gasteiger partial charge in [0.05, 0.1) is 5.69 Å². The summed E-state index contributed by atoms with van der Waals surface area (Å²) in [5, 5.41) is -0.428. The SMILES string of the molecule is FC(F)(F)c1cc(-c2ccc(Br)cc2)nc(Cl)n1. The van der Waals surface area contributed by atoms with Gasteiger partial charge in [0.1, 0.15) is 5.69 Å². The molecule has 2 nitrogen and oxygen atoms in total. The number of hydrogen-bond acceptors (Lipinski definition) is 2. The van der Waals surface area contributed by atoms with Gasteiger partial charge in [-0.1, -0.05) is 28.1 Å². The van der Waals surface area contributed by atoms with Crippen LogP contribution in [0, 0.1) is 0 Å². The summed E-state index contributed by atoms with van der Waals surface area (Å²) in [6, 6.07) is 7.57. The molecule has 2 rings (SSSR count). The van der Waals surface area contributed by atoms with Crippen molar-refractivity contribution in [2.45, 2.75) is 6.18 Å². The van der Waals surface area contributed by atoms with Crippen molar-refractivity contribution in [2.75, 3.05) is 0 Å². The zero-order valence-electron chi connectivity index (χ0n) is 8.67. The maximum atomic E-state index is 12.6. The summed E-state index contributed by atoms with van der Waals surface area (Å²) >= 11 is 8.75. The molecule has 0 spiro atoms. The van der Waals surface area contributed by atoms with Crippen LogP contribution in [0.4, 0.5) is 13.2 Å². The lowest BCUT2D eigenvalue weighted by molar-refractivity contribution is -0.141. The van der Waals surface area contributed by atoms with Crippen molar-refractivity contribution in [3.05, 3.63) is 45.8 Å². The summed E-state index contributed by atoms with van der Waals surface area (Å²) in [7, 11) is 0.